The molecule has 0 N–H and O–H groups in total. The first-order valence-electron chi connectivity index (χ1n) is 3.08. The van der Waals surface area contributed by atoms with Crippen molar-refractivity contribution in [1.82, 2.24) is 0 Å². The van der Waals surface area contributed by atoms with Gasteiger partial charge in [-0.3, -0.25) is 0 Å². The molecule has 0 spiro atoms. The first kappa shape index (κ1) is 12.1. The van der Waals surface area contributed by atoms with Gasteiger partial charge >= 0.3 is 0 Å². The fraction of sp³-hybridized carbons (Fsp3) is 0.143. The fourth-order valence-corrected chi connectivity index (χ4v) is 2.10. The van der Waals surface area contributed by atoms with Crippen molar-refractivity contribution in [3.63, 3.8) is 0 Å². The molecule has 1 aromatic rings. The molecule has 0 aliphatic heterocycles. The highest BCUT2D eigenvalue weighted by atomic mass is 35.5. The first-order valence-corrected chi connectivity index (χ1v) is 5.42. The summed E-state index contributed by atoms with van der Waals surface area (Å²) in [5, 5.41) is 0.788. The molecule has 1 rings (SSSR count). The quantitative estimate of drug-likeness (QED) is 0.413. The smallest absolute Gasteiger partial charge is 0.136 e. The van der Waals surface area contributed by atoms with E-state index in [0.29, 0.717) is 10.6 Å². The van der Waals surface area contributed by atoms with Crippen molar-refractivity contribution in [2.75, 3.05) is 0 Å². The molecule has 1 aromatic carbocycles. The van der Waals surface area contributed by atoms with Crippen LogP contribution >= 0.6 is 70.6 Å². The lowest BCUT2D eigenvalue weighted by atomic mass is 10.2. The van der Waals surface area contributed by atoms with Crippen LogP contribution in [0.15, 0.2) is 12.1 Å². The Morgan fingerprint density at radius 3 is 2.00 bits per heavy atom. The van der Waals surface area contributed by atoms with Crippen molar-refractivity contribution in [3.05, 3.63) is 32.8 Å². The van der Waals surface area contributed by atoms with Gasteiger partial charge in [-0.15, -0.1) is 12.6 Å². The van der Waals surface area contributed by atoms with E-state index in [9.17, 15) is 0 Å². The maximum Gasteiger partial charge on any atom is 0.187 e. The summed E-state index contributed by atoms with van der Waals surface area (Å²) in [5.74, 6) is 0. The van der Waals surface area contributed by atoms with Gasteiger partial charge in [0.2, 0.25) is 0 Å². The summed E-state index contributed by atoms with van der Waals surface area (Å²) in [6.45, 7) is 0. The molecule has 0 heterocycles. The number of halogens is 5. The molecule has 6 heteroatoms. The Morgan fingerprint density at radius 1 is 1.00 bits per heavy atom. The second-order valence-electron chi connectivity index (χ2n) is 2.26. The topological polar surface area (TPSA) is 0 Å². The van der Waals surface area contributed by atoms with Crippen LogP contribution in [0.4, 0.5) is 0 Å². The Balaban J connectivity index is 3.35. The molecule has 0 radical (unpaired) electrons. The zero-order chi connectivity index (χ0) is 10.2. The largest absolute Gasteiger partial charge is 0.187 e. The maximum absolute atomic E-state index is 5.85. The molecule has 0 nitrogen and oxygen atoms in total. The zero-order valence-corrected chi connectivity index (χ0v) is 10.7. The lowest BCUT2D eigenvalue weighted by Gasteiger charge is -2.15. The van der Waals surface area contributed by atoms with E-state index >= 15 is 0 Å². The minimum absolute atomic E-state index is 0.217. The monoisotopic (exact) mass is 294 g/mol. The average Bonchev–Trinajstić information content (AvgIpc) is 1.98. The molecule has 0 aromatic heterocycles. The molecule has 0 unspecified atom stereocenters. The van der Waals surface area contributed by atoms with Crippen molar-refractivity contribution >= 4 is 70.6 Å². The SMILES string of the molecule is SC(Cl)(Cl)c1ccc(Cl)c(Cl)c1Cl. The van der Waals surface area contributed by atoms with E-state index in [1.807, 2.05) is 0 Å². The third kappa shape index (κ3) is 2.74. The molecule has 0 atom stereocenters. The Hall–Kier alpha value is 1.02. The Morgan fingerprint density at radius 2 is 1.54 bits per heavy atom. The van der Waals surface area contributed by atoms with Gasteiger partial charge in [-0.05, 0) is 6.07 Å². The predicted molar refractivity (Wildman–Crippen MR) is 63.8 cm³/mol. The summed E-state index contributed by atoms with van der Waals surface area (Å²) in [6.07, 6.45) is 0. The van der Waals surface area contributed by atoms with Crippen LogP contribution in [0.5, 0.6) is 0 Å². The summed E-state index contributed by atoms with van der Waals surface area (Å²) in [7, 11) is 0. The summed E-state index contributed by atoms with van der Waals surface area (Å²) in [4.78, 5) is 0. The Labute approximate surface area is 106 Å². The van der Waals surface area contributed by atoms with Crippen molar-refractivity contribution < 1.29 is 0 Å². The second-order valence-corrected chi connectivity index (χ2v) is 5.95. The van der Waals surface area contributed by atoms with Crippen molar-refractivity contribution in [3.8, 4) is 0 Å². The molecular weight excluding hydrogens is 293 g/mol. The highest BCUT2D eigenvalue weighted by Gasteiger charge is 2.25. The van der Waals surface area contributed by atoms with Gasteiger partial charge in [-0.2, -0.15) is 0 Å². The Bertz CT molecular complexity index is 330. The first-order chi connectivity index (χ1) is 5.84. The van der Waals surface area contributed by atoms with E-state index in [0.717, 1.165) is 0 Å². The lowest BCUT2D eigenvalue weighted by molar-refractivity contribution is 1.27. The van der Waals surface area contributed by atoms with Gasteiger partial charge in [0.15, 0.2) is 3.67 Å². The third-order valence-electron chi connectivity index (χ3n) is 1.36. The van der Waals surface area contributed by atoms with Gasteiger partial charge in [0.1, 0.15) is 0 Å². The van der Waals surface area contributed by atoms with Crippen LogP contribution in [-0.4, -0.2) is 0 Å². The van der Waals surface area contributed by atoms with Crippen LogP contribution in [0.2, 0.25) is 15.1 Å². The minimum Gasteiger partial charge on any atom is -0.136 e. The Kier molecular flexibility index (Phi) is 3.96. The summed E-state index contributed by atoms with van der Waals surface area (Å²) in [6, 6.07) is 3.13. The van der Waals surface area contributed by atoms with Crippen molar-refractivity contribution in [2.45, 2.75) is 3.67 Å². The molecular formula is C7H3Cl5S. The summed E-state index contributed by atoms with van der Waals surface area (Å²) < 4.78 is -1.37. The van der Waals surface area contributed by atoms with E-state index in [1.165, 1.54) is 0 Å². The summed E-state index contributed by atoms with van der Waals surface area (Å²) in [5.41, 5.74) is 0.412. The number of hydrogen-bond acceptors (Lipinski definition) is 1. The number of hydrogen-bond donors (Lipinski definition) is 1. The van der Waals surface area contributed by atoms with Gasteiger partial charge in [-0.25, -0.2) is 0 Å². The van der Waals surface area contributed by atoms with E-state index in [4.69, 9.17) is 58.0 Å². The van der Waals surface area contributed by atoms with Gasteiger partial charge in [-0.1, -0.05) is 64.1 Å². The highest BCUT2D eigenvalue weighted by molar-refractivity contribution is 7.84. The molecule has 0 aliphatic carbocycles. The number of alkyl halides is 2. The third-order valence-corrected chi connectivity index (χ3v) is 3.30. The highest BCUT2D eigenvalue weighted by Crippen LogP contribution is 2.45. The maximum atomic E-state index is 5.85. The molecule has 0 fully saturated rings. The number of thiol groups is 1. The molecule has 0 aliphatic rings. The second kappa shape index (κ2) is 4.26. The summed E-state index contributed by atoms with van der Waals surface area (Å²) >= 11 is 32.7. The van der Waals surface area contributed by atoms with Gasteiger partial charge in [0, 0.05) is 5.56 Å². The van der Waals surface area contributed by atoms with E-state index in [-0.39, 0.29) is 10.0 Å². The molecule has 72 valence electrons. The molecule has 0 saturated heterocycles. The molecule has 0 saturated carbocycles. The zero-order valence-electron chi connectivity index (χ0n) is 5.99. The molecule has 0 amide bonds. The van der Waals surface area contributed by atoms with E-state index < -0.39 is 3.67 Å². The standard InChI is InChI=1S/C7H3Cl5S/c8-4-2-1-3(7(11,12)13)5(9)6(4)10/h1-2,13H. The number of benzene rings is 1. The van der Waals surface area contributed by atoms with Gasteiger partial charge < -0.3 is 0 Å². The molecule has 0 bridgehead atoms. The average molecular weight is 296 g/mol. The van der Waals surface area contributed by atoms with Crippen molar-refractivity contribution in [1.29, 1.82) is 0 Å². The van der Waals surface area contributed by atoms with Gasteiger partial charge in [0.05, 0.1) is 15.1 Å². The van der Waals surface area contributed by atoms with Crippen LogP contribution in [0.3, 0.4) is 0 Å². The van der Waals surface area contributed by atoms with Crippen molar-refractivity contribution in [2.24, 2.45) is 0 Å². The van der Waals surface area contributed by atoms with Crippen LogP contribution in [0, 0.1) is 0 Å². The normalized spacial score (nSPS) is 11.8. The molecule has 13 heavy (non-hydrogen) atoms. The van der Waals surface area contributed by atoms with Crippen LogP contribution in [-0.2, 0) is 3.67 Å². The van der Waals surface area contributed by atoms with Gasteiger partial charge in [0.25, 0.3) is 0 Å². The van der Waals surface area contributed by atoms with Crippen LogP contribution in [0.25, 0.3) is 0 Å². The fourth-order valence-electron chi connectivity index (χ4n) is 0.758. The van der Waals surface area contributed by atoms with E-state index in [1.54, 1.807) is 12.1 Å². The predicted octanol–water partition coefficient (Wildman–Crippen LogP) is 5.16. The minimum atomic E-state index is -1.37. The van der Waals surface area contributed by atoms with E-state index in [2.05, 4.69) is 12.6 Å². The van der Waals surface area contributed by atoms with Crippen LogP contribution < -0.4 is 0 Å². The van der Waals surface area contributed by atoms with Crippen LogP contribution in [0.1, 0.15) is 5.56 Å². The number of rotatable bonds is 1. The lowest BCUT2D eigenvalue weighted by Crippen LogP contribution is -2.01.